The third-order valence-corrected chi connectivity index (χ3v) is 5.03. The highest BCUT2D eigenvalue weighted by Gasteiger charge is 2.34. The molecule has 1 amide bonds. The summed E-state index contributed by atoms with van der Waals surface area (Å²) in [7, 11) is 0. The third-order valence-electron chi connectivity index (χ3n) is 4.54. The minimum absolute atomic E-state index is 0.356. The molecule has 0 saturated carbocycles. The van der Waals surface area contributed by atoms with Crippen LogP contribution in [0.2, 0.25) is 0 Å². The zero-order chi connectivity index (χ0) is 19.8. The van der Waals surface area contributed by atoms with Gasteiger partial charge in [-0.05, 0) is 39.0 Å². The van der Waals surface area contributed by atoms with Crippen LogP contribution in [0, 0.1) is 0 Å². The monoisotopic (exact) mass is 437 g/mol. The van der Waals surface area contributed by atoms with E-state index in [1.807, 2.05) is 43.9 Å². The SMILES string of the molecule is CC(C)(C)OC(=O)N1CCN([C@@H](C(=O)O)c2c[nH]c3ccc(Br)cc23)CC1. The largest absolute Gasteiger partial charge is 0.480 e. The first-order valence-electron chi connectivity index (χ1n) is 8.87. The second-order valence-corrected chi connectivity index (χ2v) is 8.59. The average molecular weight is 438 g/mol. The van der Waals surface area contributed by atoms with Crippen molar-refractivity contribution in [2.24, 2.45) is 0 Å². The number of carboxylic acids is 1. The lowest BCUT2D eigenvalue weighted by atomic mass is 10.0. The van der Waals surface area contributed by atoms with Crippen molar-refractivity contribution < 1.29 is 19.4 Å². The number of amides is 1. The van der Waals surface area contributed by atoms with Gasteiger partial charge in [0, 0.05) is 53.3 Å². The summed E-state index contributed by atoms with van der Waals surface area (Å²) >= 11 is 3.45. The quantitative estimate of drug-likeness (QED) is 0.765. The second kappa shape index (κ2) is 7.52. The zero-order valence-electron chi connectivity index (χ0n) is 15.7. The topological polar surface area (TPSA) is 85.9 Å². The Bertz CT molecular complexity index is 850. The number of fused-ring (bicyclic) bond motifs is 1. The fourth-order valence-electron chi connectivity index (χ4n) is 3.32. The molecule has 2 heterocycles. The number of aromatic nitrogens is 1. The van der Waals surface area contributed by atoms with Crippen LogP contribution in [0.5, 0.6) is 0 Å². The van der Waals surface area contributed by atoms with Gasteiger partial charge in [0.2, 0.25) is 0 Å². The summed E-state index contributed by atoms with van der Waals surface area (Å²) in [6.45, 7) is 7.30. The number of hydrogen-bond donors (Lipinski definition) is 2. The molecule has 2 N–H and O–H groups in total. The van der Waals surface area contributed by atoms with Crippen LogP contribution < -0.4 is 0 Å². The molecule has 27 heavy (non-hydrogen) atoms. The van der Waals surface area contributed by atoms with Crippen molar-refractivity contribution in [3.63, 3.8) is 0 Å². The van der Waals surface area contributed by atoms with E-state index < -0.39 is 17.6 Å². The van der Waals surface area contributed by atoms with E-state index in [-0.39, 0.29) is 6.09 Å². The zero-order valence-corrected chi connectivity index (χ0v) is 17.2. The Balaban J connectivity index is 1.77. The molecule has 146 valence electrons. The normalized spacial score (nSPS) is 17.1. The summed E-state index contributed by atoms with van der Waals surface area (Å²) in [6.07, 6.45) is 1.40. The van der Waals surface area contributed by atoms with E-state index in [0.717, 1.165) is 20.9 Å². The molecule has 2 aromatic rings. The highest BCUT2D eigenvalue weighted by molar-refractivity contribution is 9.10. The molecule has 0 radical (unpaired) electrons. The van der Waals surface area contributed by atoms with Crippen molar-refractivity contribution in [3.05, 3.63) is 34.4 Å². The maximum Gasteiger partial charge on any atom is 0.410 e. The summed E-state index contributed by atoms with van der Waals surface area (Å²) in [6, 6.07) is 4.99. The number of nitrogens with one attached hydrogen (secondary N) is 1. The van der Waals surface area contributed by atoms with E-state index in [9.17, 15) is 14.7 Å². The van der Waals surface area contributed by atoms with Crippen LogP contribution in [0.25, 0.3) is 10.9 Å². The average Bonchev–Trinajstić information content (AvgIpc) is 2.97. The number of ether oxygens (including phenoxy) is 1. The molecular formula is C19H24BrN3O4. The molecule has 0 unspecified atom stereocenters. The predicted molar refractivity (Wildman–Crippen MR) is 106 cm³/mol. The molecule has 0 spiro atoms. The number of halogens is 1. The van der Waals surface area contributed by atoms with Crippen LogP contribution in [0.1, 0.15) is 32.4 Å². The Kier molecular flexibility index (Phi) is 5.48. The Hall–Kier alpha value is -2.06. The van der Waals surface area contributed by atoms with Gasteiger partial charge in [-0.2, -0.15) is 0 Å². The molecule has 0 aliphatic carbocycles. The van der Waals surface area contributed by atoms with Crippen LogP contribution in [0.4, 0.5) is 4.79 Å². The highest BCUT2D eigenvalue weighted by Crippen LogP contribution is 2.31. The number of rotatable bonds is 3. The van der Waals surface area contributed by atoms with Crippen LogP contribution in [-0.2, 0) is 9.53 Å². The molecule has 1 aliphatic heterocycles. The van der Waals surface area contributed by atoms with Crippen molar-refractivity contribution in [1.29, 1.82) is 0 Å². The number of aromatic amines is 1. The van der Waals surface area contributed by atoms with Crippen LogP contribution in [0.3, 0.4) is 0 Å². The van der Waals surface area contributed by atoms with E-state index >= 15 is 0 Å². The number of carbonyl (C=O) groups is 2. The summed E-state index contributed by atoms with van der Waals surface area (Å²) < 4.78 is 6.30. The fourth-order valence-corrected chi connectivity index (χ4v) is 3.68. The van der Waals surface area contributed by atoms with Gasteiger partial charge in [-0.15, -0.1) is 0 Å². The van der Waals surface area contributed by atoms with Crippen molar-refractivity contribution in [1.82, 2.24) is 14.8 Å². The number of aliphatic carboxylic acids is 1. The van der Waals surface area contributed by atoms with E-state index in [4.69, 9.17) is 4.74 Å². The highest BCUT2D eigenvalue weighted by atomic mass is 79.9. The van der Waals surface area contributed by atoms with Gasteiger partial charge < -0.3 is 19.7 Å². The van der Waals surface area contributed by atoms with Gasteiger partial charge in [-0.3, -0.25) is 9.69 Å². The van der Waals surface area contributed by atoms with Crippen molar-refractivity contribution >= 4 is 38.9 Å². The Morgan fingerprint density at radius 1 is 1.22 bits per heavy atom. The molecule has 1 atom stereocenters. The fraction of sp³-hybridized carbons (Fsp3) is 0.474. The lowest BCUT2D eigenvalue weighted by Gasteiger charge is -2.38. The van der Waals surface area contributed by atoms with Crippen LogP contribution in [0.15, 0.2) is 28.9 Å². The first-order valence-corrected chi connectivity index (χ1v) is 9.66. The van der Waals surface area contributed by atoms with Gasteiger partial charge in [-0.1, -0.05) is 15.9 Å². The van der Waals surface area contributed by atoms with Crippen LogP contribution >= 0.6 is 15.9 Å². The lowest BCUT2D eigenvalue weighted by Crippen LogP contribution is -2.51. The Labute approximate surface area is 166 Å². The van der Waals surface area contributed by atoms with Gasteiger partial charge in [0.1, 0.15) is 11.6 Å². The van der Waals surface area contributed by atoms with Gasteiger partial charge in [0.25, 0.3) is 0 Å². The van der Waals surface area contributed by atoms with E-state index in [1.165, 1.54) is 0 Å². The molecule has 1 fully saturated rings. The summed E-state index contributed by atoms with van der Waals surface area (Å²) in [5.41, 5.74) is 1.08. The first-order chi connectivity index (χ1) is 12.7. The van der Waals surface area contributed by atoms with Crippen LogP contribution in [-0.4, -0.2) is 63.7 Å². The first kappa shape index (κ1) is 19.7. The van der Waals surface area contributed by atoms with Crippen molar-refractivity contribution in [2.45, 2.75) is 32.4 Å². The molecule has 1 aromatic heterocycles. The third kappa shape index (κ3) is 4.44. The van der Waals surface area contributed by atoms with Crippen molar-refractivity contribution in [2.75, 3.05) is 26.2 Å². The van der Waals surface area contributed by atoms with E-state index in [2.05, 4.69) is 20.9 Å². The minimum Gasteiger partial charge on any atom is -0.480 e. The molecule has 3 rings (SSSR count). The second-order valence-electron chi connectivity index (χ2n) is 7.68. The number of H-pyrrole nitrogens is 1. The summed E-state index contributed by atoms with van der Waals surface area (Å²) in [5.74, 6) is -0.901. The molecule has 1 aliphatic rings. The number of piperazine rings is 1. The summed E-state index contributed by atoms with van der Waals surface area (Å²) in [4.78, 5) is 31.0. The number of benzene rings is 1. The minimum atomic E-state index is -0.901. The number of hydrogen-bond acceptors (Lipinski definition) is 4. The molecule has 1 saturated heterocycles. The standard InChI is InChI=1S/C19H24BrN3O4/c1-19(2,3)27-18(26)23-8-6-22(7-9-23)16(17(24)25)14-11-21-15-5-4-12(20)10-13(14)15/h4-5,10-11,16,21H,6-9H2,1-3H3,(H,24,25)/t16-/m1/s1. The lowest BCUT2D eigenvalue weighted by molar-refractivity contribution is -0.144. The Morgan fingerprint density at radius 2 is 1.89 bits per heavy atom. The molecule has 1 aromatic carbocycles. The van der Waals surface area contributed by atoms with Crippen molar-refractivity contribution in [3.8, 4) is 0 Å². The maximum atomic E-state index is 12.2. The number of nitrogens with zero attached hydrogens (tertiary/aromatic N) is 2. The molecular weight excluding hydrogens is 414 g/mol. The van der Waals surface area contributed by atoms with Gasteiger partial charge in [0.05, 0.1) is 0 Å². The van der Waals surface area contributed by atoms with Gasteiger partial charge >= 0.3 is 12.1 Å². The van der Waals surface area contributed by atoms with E-state index in [0.29, 0.717) is 26.2 Å². The number of carboxylic acid groups (broad SMARTS) is 1. The maximum absolute atomic E-state index is 12.2. The van der Waals surface area contributed by atoms with E-state index in [1.54, 1.807) is 11.1 Å². The molecule has 0 bridgehead atoms. The predicted octanol–water partition coefficient (Wildman–Crippen LogP) is 3.61. The molecule has 8 heteroatoms. The summed E-state index contributed by atoms with van der Waals surface area (Å²) in [5, 5.41) is 10.8. The smallest absolute Gasteiger partial charge is 0.410 e. The molecule has 7 nitrogen and oxygen atoms in total. The van der Waals surface area contributed by atoms with Gasteiger partial charge in [-0.25, -0.2) is 4.79 Å². The van der Waals surface area contributed by atoms with Gasteiger partial charge in [0.15, 0.2) is 0 Å². The number of carbonyl (C=O) groups excluding carboxylic acids is 1. The Morgan fingerprint density at radius 3 is 2.48 bits per heavy atom.